The van der Waals surface area contributed by atoms with Crippen molar-refractivity contribution in [2.75, 3.05) is 32.8 Å². The maximum Gasteiger partial charge on any atom is 0.193 e. The van der Waals surface area contributed by atoms with Crippen molar-refractivity contribution in [1.82, 2.24) is 4.90 Å². The van der Waals surface area contributed by atoms with Gasteiger partial charge in [0.05, 0.1) is 0 Å². The minimum atomic E-state index is 0.201. The second kappa shape index (κ2) is 10.3. The molecule has 0 spiro atoms. The third-order valence-electron chi connectivity index (χ3n) is 8.15. The summed E-state index contributed by atoms with van der Waals surface area (Å²) in [7, 11) is 0. The zero-order valence-corrected chi connectivity index (χ0v) is 21.3. The number of likely N-dealkylation sites (tertiary alicyclic amines) is 1. The lowest BCUT2D eigenvalue weighted by Crippen LogP contribution is -2.37. The lowest BCUT2D eigenvalue weighted by Gasteiger charge is -2.42. The van der Waals surface area contributed by atoms with E-state index in [1.165, 1.54) is 36.0 Å². The van der Waals surface area contributed by atoms with Crippen LogP contribution in [-0.2, 0) is 15.6 Å². The van der Waals surface area contributed by atoms with Crippen LogP contribution in [0.5, 0.6) is 0 Å². The molecule has 1 aromatic carbocycles. The Hall–Kier alpha value is -1.65. The topological polar surface area (TPSA) is 45.1 Å². The highest BCUT2D eigenvalue weighted by Crippen LogP contribution is 2.46. The molecule has 0 saturated carbocycles. The monoisotopic (exact) mass is 452 g/mol. The molecule has 0 atom stereocenters. The fraction of sp³-hybridized carbons (Fsp3) is 0.690. The Kier molecular flexibility index (Phi) is 7.65. The normalized spacial score (nSPS) is 23.2. The van der Waals surface area contributed by atoms with E-state index in [1.807, 2.05) is 0 Å². The molecule has 33 heavy (non-hydrogen) atoms. The fourth-order valence-electron chi connectivity index (χ4n) is 5.72. The number of aliphatic hydroxyl groups excluding tert-OH is 1. The Morgan fingerprint density at radius 1 is 1.00 bits per heavy atom. The molecule has 0 unspecified atom stereocenters. The van der Waals surface area contributed by atoms with E-state index in [1.54, 1.807) is 0 Å². The smallest absolute Gasteiger partial charge is 0.193 e. The molecule has 2 heterocycles. The molecule has 0 aromatic heterocycles. The van der Waals surface area contributed by atoms with Gasteiger partial charge in [0.2, 0.25) is 0 Å². The summed E-state index contributed by atoms with van der Waals surface area (Å²) in [5.41, 5.74) is 4.62. The van der Waals surface area contributed by atoms with Crippen LogP contribution in [0.15, 0.2) is 29.3 Å². The van der Waals surface area contributed by atoms with Gasteiger partial charge in [-0.25, -0.2) is 0 Å². The summed E-state index contributed by atoms with van der Waals surface area (Å²) in [5, 5.41) is 8.97. The first-order chi connectivity index (χ1) is 15.8. The van der Waals surface area contributed by atoms with Gasteiger partial charge in [0.15, 0.2) is 5.90 Å². The summed E-state index contributed by atoms with van der Waals surface area (Å²) in [5.74, 6) is 2.38. The van der Waals surface area contributed by atoms with Gasteiger partial charge < -0.3 is 14.7 Å². The first kappa shape index (κ1) is 24.5. The molecule has 4 nitrogen and oxygen atoms in total. The Balaban J connectivity index is 1.43. The van der Waals surface area contributed by atoms with Crippen molar-refractivity contribution in [3.05, 3.63) is 41.0 Å². The molecule has 1 saturated heterocycles. The number of aliphatic imine (C=N–C) groups is 1. The zero-order chi connectivity index (χ0) is 23.5. The van der Waals surface area contributed by atoms with Crippen LogP contribution < -0.4 is 0 Å². The van der Waals surface area contributed by atoms with E-state index in [0.29, 0.717) is 12.5 Å². The molecular weight excluding hydrogens is 408 g/mol. The van der Waals surface area contributed by atoms with Gasteiger partial charge in [-0.05, 0) is 105 Å². The molecule has 0 bridgehead atoms. The van der Waals surface area contributed by atoms with Crippen molar-refractivity contribution in [3.63, 3.8) is 0 Å². The Labute approximate surface area is 201 Å². The van der Waals surface area contributed by atoms with E-state index < -0.39 is 0 Å². The SMILES string of the molecule is CC1(C)CCC(C)(C)c2cc(C3=CCCN=C(C4CCN(CCCCCO)CC4)O3)ccc21. The van der Waals surface area contributed by atoms with E-state index in [9.17, 15) is 0 Å². The second-order valence-electron chi connectivity index (χ2n) is 11.6. The lowest BCUT2D eigenvalue weighted by molar-refractivity contribution is 0.194. The Bertz CT molecular complexity index is 876. The third kappa shape index (κ3) is 5.71. The van der Waals surface area contributed by atoms with Gasteiger partial charge >= 0.3 is 0 Å². The average Bonchev–Trinajstić information content (AvgIpc) is 3.07. The van der Waals surface area contributed by atoms with Gasteiger partial charge in [0, 0.05) is 24.6 Å². The maximum atomic E-state index is 8.97. The number of hydrogen-bond donors (Lipinski definition) is 1. The molecule has 3 aliphatic rings. The van der Waals surface area contributed by atoms with E-state index in [2.05, 4.69) is 56.9 Å². The predicted molar refractivity (Wildman–Crippen MR) is 138 cm³/mol. The lowest BCUT2D eigenvalue weighted by atomic mass is 9.63. The molecule has 182 valence electrons. The summed E-state index contributed by atoms with van der Waals surface area (Å²) in [6, 6.07) is 7.03. The maximum absolute atomic E-state index is 8.97. The van der Waals surface area contributed by atoms with Crippen LogP contribution in [0, 0.1) is 5.92 Å². The van der Waals surface area contributed by atoms with Gasteiger partial charge in [-0.1, -0.05) is 39.8 Å². The summed E-state index contributed by atoms with van der Waals surface area (Å²) >= 11 is 0. The van der Waals surface area contributed by atoms with Gasteiger partial charge in [0.25, 0.3) is 0 Å². The largest absolute Gasteiger partial charge is 0.443 e. The molecular formula is C29H44N2O2. The van der Waals surface area contributed by atoms with E-state index in [-0.39, 0.29) is 10.8 Å². The van der Waals surface area contributed by atoms with E-state index in [4.69, 9.17) is 14.8 Å². The third-order valence-corrected chi connectivity index (χ3v) is 8.15. The molecule has 1 N–H and O–H groups in total. The standard InChI is InChI=1S/C29H44N2O2/c1-28(2)14-15-29(3,4)25-21-23(10-11-24(25)28)26-9-8-16-30-27(33-26)22-12-18-31(19-13-22)17-6-5-7-20-32/h9-11,21-22,32H,5-8,12-20H2,1-4H3. The quantitative estimate of drug-likeness (QED) is 0.511. The predicted octanol–water partition coefficient (Wildman–Crippen LogP) is 6.07. The average molecular weight is 453 g/mol. The van der Waals surface area contributed by atoms with Crippen LogP contribution in [-0.4, -0.2) is 48.7 Å². The number of ether oxygens (including phenoxy) is 1. The summed E-state index contributed by atoms with van der Waals surface area (Å²) in [4.78, 5) is 7.43. The Morgan fingerprint density at radius 2 is 1.73 bits per heavy atom. The van der Waals surface area contributed by atoms with Crippen molar-refractivity contribution < 1.29 is 9.84 Å². The van der Waals surface area contributed by atoms with E-state index >= 15 is 0 Å². The van der Waals surface area contributed by atoms with Crippen LogP contribution in [0.25, 0.3) is 5.76 Å². The highest BCUT2D eigenvalue weighted by atomic mass is 16.5. The summed E-state index contributed by atoms with van der Waals surface area (Å²) < 4.78 is 6.56. The number of unbranched alkanes of at least 4 members (excludes halogenated alkanes) is 2. The molecule has 0 amide bonds. The highest BCUT2D eigenvalue weighted by Gasteiger charge is 2.37. The van der Waals surface area contributed by atoms with Crippen LogP contribution >= 0.6 is 0 Å². The molecule has 4 rings (SSSR count). The fourth-order valence-corrected chi connectivity index (χ4v) is 5.72. The van der Waals surface area contributed by atoms with Gasteiger partial charge in [-0.2, -0.15) is 0 Å². The molecule has 1 fully saturated rings. The van der Waals surface area contributed by atoms with Crippen molar-refractivity contribution in [1.29, 1.82) is 0 Å². The second-order valence-corrected chi connectivity index (χ2v) is 11.6. The number of hydrogen-bond acceptors (Lipinski definition) is 4. The van der Waals surface area contributed by atoms with Crippen molar-refractivity contribution in [3.8, 4) is 0 Å². The minimum absolute atomic E-state index is 0.201. The number of fused-ring (bicyclic) bond motifs is 1. The molecule has 4 heteroatoms. The van der Waals surface area contributed by atoms with Crippen molar-refractivity contribution in [2.24, 2.45) is 10.9 Å². The highest BCUT2D eigenvalue weighted by molar-refractivity contribution is 5.85. The number of rotatable bonds is 7. The van der Waals surface area contributed by atoms with Crippen LogP contribution in [0.4, 0.5) is 0 Å². The van der Waals surface area contributed by atoms with Gasteiger partial charge in [0.1, 0.15) is 5.76 Å². The molecule has 0 radical (unpaired) electrons. The minimum Gasteiger partial charge on any atom is -0.443 e. The molecule has 2 aliphatic heterocycles. The number of benzene rings is 1. The first-order valence-corrected chi connectivity index (χ1v) is 13.2. The van der Waals surface area contributed by atoms with Crippen molar-refractivity contribution >= 4 is 11.7 Å². The number of piperidine rings is 1. The molecule has 1 aliphatic carbocycles. The van der Waals surface area contributed by atoms with E-state index in [0.717, 1.165) is 69.9 Å². The van der Waals surface area contributed by atoms with Crippen LogP contribution in [0.3, 0.4) is 0 Å². The molecule has 1 aromatic rings. The first-order valence-electron chi connectivity index (χ1n) is 13.2. The summed E-state index contributed by atoms with van der Waals surface area (Å²) in [6.07, 6.45) is 11.1. The number of nitrogens with zero attached hydrogens (tertiary/aromatic N) is 2. The number of aliphatic hydroxyl groups is 1. The van der Waals surface area contributed by atoms with Gasteiger partial charge in [-0.3, -0.25) is 4.99 Å². The Morgan fingerprint density at radius 3 is 2.45 bits per heavy atom. The summed E-state index contributed by atoms with van der Waals surface area (Å²) in [6.45, 7) is 14.1. The zero-order valence-electron chi connectivity index (χ0n) is 21.3. The van der Waals surface area contributed by atoms with Crippen LogP contribution in [0.1, 0.15) is 95.8 Å². The van der Waals surface area contributed by atoms with Crippen LogP contribution in [0.2, 0.25) is 0 Å². The van der Waals surface area contributed by atoms with Crippen molar-refractivity contribution in [2.45, 2.75) is 89.9 Å². The van der Waals surface area contributed by atoms with Gasteiger partial charge in [-0.15, -0.1) is 0 Å².